The monoisotopic (exact) mass is 221 g/mol. The highest BCUT2D eigenvalue weighted by atomic mass is 32.1. The van der Waals surface area contributed by atoms with Crippen molar-refractivity contribution in [3.8, 4) is 0 Å². The van der Waals surface area contributed by atoms with Crippen LogP contribution in [0.5, 0.6) is 0 Å². The second-order valence-electron chi connectivity index (χ2n) is 3.23. The van der Waals surface area contributed by atoms with Crippen molar-refractivity contribution in [1.82, 2.24) is 15.0 Å². The summed E-state index contributed by atoms with van der Waals surface area (Å²) in [7, 11) is 0. The van der Waals surface area contributed by atoms with Gasteiger partial charge in [-0.2, -0.15) is 11.3 Å². The van der Waals surface area contributed by atoms with Crippen LogP contribution in [0.15, 0.2) is 17.0 Å². The molecule has 2 heterocycles. The van der Waals surface area contributed by atoms with Crippen molar-refractivity contribution in [2.24, 2.45) is 0 Å². The van der Waals surface area contributed by atoms with Gasteiger partial charge in [0.15, 0.2) is 0 Å². The topological polar surface area (TPSA) is 47.8 Å². The number of ketones is 1. The predicted molar refractivity (Wildman–Crippen MR) is 58.2 cm³/mol. The zero-order valence-corrected chi connectivity index (χ0v) is 9.41. The lowest BCUT2D eigenvalue weighted by Crippen LogP contribution is -2.10. The quantitative estimate of drug-likeness (QED) is 0.744. The Kier molecular flexibility index (Phi) is 2.64. The first-order valence-electron chi connectivity index (χ1n) is 4.70. The maximum atomic E-state index is 12.1. The third-order valence-electron chi connectivity index (χ3n) is 2.25. The van der Waals surface area contributed by atoms with Crippen LogP contribution in [0.25, 0.3) is 0 Å². The number of thiophene rings is 1. The van der Waals surface area contributed by atoms with Gasteiger partial charge in [0, 0.05) is 17.5 Å². The number of carbonyl (C=O) groups is 1. The van der Waals surface area contributed by atoms with Crippen molar-refractivity contribution in [2.45, 2.75) is 20.4 Å². The molecule has 78 valence electrons. The molecule has 0 aromatic carbocycles. The summed E-state index contributed by atoms with van der Waals surface area (Å²) in [5, 5.41) is 11.4. The second-order valence-corrected chi connectivity index (χ2v) is 3.98. The van der Waals surface area contributed by atoms with Gasteiger partial charge in [0.25, 0.3) is 0 Å². The Morgan fingerprint density at radius 3 is 2.93 bits per heavy atom. The fourth-order valence-electron chi connectivity index (χ4n) is 1.40. The van der Waals surface area contributed by atoms with E-state index in [9.17, 15) is 4.79 Å². The molecule has 0 radical (unpaired) electrons. The van der Waals surface area contributed by atoms with Gasteiger partial charge in [0.1, 0.15) is 5.69 Å². The van der Waals surface area contributed by atoms with Gasteiger partial charge in [0.2, 0.25) is 5.78 Å². The molecule has 0 saturated carbocycles. The number of aromatic nitrogens is 3. The van der Waals surface area contributed by atoms with Gasteiger partial charge >= 0.3 is 0 Å². The van der Waals surface area contributed by atoms with Crippen molar-refractivity contribution in [1.29, 1.82) is 0 Å². The van der Waals surface area contributed by atoms with Crippen molar-refractivity contribution < 1.29 is 4.79 Å². The molecule has 0 spiro atoms. The molecule has 0 fully saturated rings. The minimum atomic E-state index is 0.000556. The summed E-state index contributed by atoms with van der Waals surface area (Å²) in [5.41, 5.74) is 2.31. The zero-order valence-electron chi connectivity index (χ0n) is 8.60. The first kappa shape index (κ1) is 10.0. The molecule has 15 heavy (non-hydrogen) atoms. The fourth-order valence-corrected chi connectivity index (χ4v) is 2.23. The lowest BCUT2D eigenvalue weighted by atomic mass is 10.1. The van der Waals surface area contributed by atoms with E-state index < -0.39 is 0 Å². The van der Waals surface area contributed by atoms with Gasteiger partial charge < -0.3 is 0 Å². The molecule has 5 heteroatoms. The highest BCUT2D eigenvalue weighted by Gasteiger charge is 2.16. The molecule has 0 aliphatic carbocycles. The molecule has 0 unspecified atom stereocenters. The van der Waals surface area contributed by atoms with Crippen LogP contribution in [0.2, 0.25) is 0 Å². The highest BCUT2D eigenvalue weighted by Crippen LogP contribution is 2.17. The lowest BCUT2D eigenvalue weighted by Gasteiger charge is -2.01. The first-order valence-corrected chi connectivity index (χ1v) is 5.64. The maximum Gasteiger partial charge on any atom is 0.213 e. The standard InChI is InChI=1S/C10H11N3OS/c1-3-13-9(4-11-12-13)10(14)8-6-15-5-7(8)2/h4-6H,3H2,1-2H3. The van der Waals surface area contributed by atoms with E-state index in [1.165, 1.54) is 17.5 Å². The maximum absolute atomic E-state index is 12.1. The van der Waals surface area contributed by atoms with Crippen molar-refractivity contribution >= 4 is 17.1 Å². The minimum absolute atomic E-state index is 0.000556. The van der Waals surface area contributed by atoms with E-state index in [0.29, 0.717) is 12.2 Å². The van der Waals surface area contributed by atoms with E-state index in [2.05, 4.69) is 10.3 Å². The molecule has 2 rings (SSSR count). The molecular formula is C10H11N3OS. The SMILES string of the molecule is CCn1nncc1C(=O)c1cscc1C. The average molecular weight is 221 g/mol. The summed E-state index contributed by atoms with van der Waals surface area (Å²) in [6.45, 7) is 4.53. The Bertz CT molecular complexity index is 486. The fraction of sp³-hybridized carbons (Fsp3) is 0.300. The Balaban J connectivity index is 2.41. The summed E-state index contributed by atoms with van der Waals surface area (Å²) in [4.78, 5) is 12.1. The van der Waals surface area contributed by atoms with Crippen LogP contribution in [0.4, 0.5) is 0 Å². The molecule has 2 aromatic rings. The van der Waals surface area contributed by atoms with Crippen molar-refractivity contribution in [2.75, 3.05) is 0 Å². The molecule has 2 aromatic heterocycles. The molecule has 4 nitrogen and oxygen atoms in total. The molecule has 0 N–H and O–H groups in total. The van der Waals surface area contributed by atoms with Crippen LogP contribution in [-0.4, -0.2) is 20.8 Å². The Morgan fingerprint density at radius 1 is 1.53 bits per heavy atom. The summed E-state index contributed by atoms with van der Waals surface area (Å²) >= 11 is 1.53. The number of hydrogen-bond acceptors (Lipinski definition) is 4. The van der Waals surface area contributed by atoms with Gasteiger partial charge in [-0.3, -0.25) is 4.79 Å². The van der Waals surface area contributed by atoms with Crippen LogP contribution in [-0.2, 0) is 6.54 Å². The highest BCUT2D eigenvalue weighted by molar-refractivity contribution is 7.08. The van der Waals surface area contributed by atoms with Gasteiger partial charge in [-0.25, -0.2) is 4.68 Å². The largest absolute Gasteiger partial charge is 0.287 e. The van der Waals surface area contributed by atoms with E-state index >= 15 is 0 Å². The zero-order chi connectivity index (χ0) is 10.8. The van der Waals surface area contributed by atoms with E-state index in [0.717, 1.165) is 11.1 Å². The number of nitrogens with zero attached hydrogens (tertiary/aromatic N) is 3. The van der Waals surface area contributed by atoms with Crippen molar-refractivity contribution in [3.05, 3.63) is 33.8 Å². The van der Waals surface area contributed by atoms with Gasteiger partial charge in [-0.05, 0) is 24.8 Å². The number of hydrogen-bond donors (Lipinski definition) is 0. The smallest absolute Gasteiger partial charge is 0.213 e. The third-order valence-corrected chi connectivity index (χ3v) is 3.11. The van der Waals surface area contributed by atoms with Gasteiger partial charge in [-0.15, -0.1) is 5.10 Å². The summed E-state index contributed by atoms with van der Waals surface area (Å²) < 4.78 is 1.61. The number of carbonyl (C=O) groups excluding carboxylic acids is 1. The second kappa shape index (κ2) is 3.94. The Labute approximate surface area is 91.5 Å². The summed E-state index contributed by atoms with van der Waals surface area (Å²) in [5.74, 6) is 0.000556. The van der Waals surface area contributed by atoms with Crippen LogP contribution in [0, 0.1) is 6.92 Å². The van der Waals surface area contributed by atoms with E-state index in [1.54, 1.807) is 4.68 Å². The minimum Gasteiger partial charge on any atom is -0.287 e. The molecule has 0 aliphatic rings. The van der Waals surface area contributed by atoms with Gasteiger partial charge in [-0.1, -0.05) is 5.21 Å². The van der Waals surface area contributed by atoms with Crippen LogP contribution < -0.4 is 0 Å². The number of aryl methyl sites for hydroxylation is 2. The normalized spacial score (nSPS) is 10.5. The Hall–Kier alpha value is -1.49. The van der Waals surface area contributed by atoms with E-state index in [1.807, 2.05) is 24.6 Å². The van der Waals surface area contributed by atoms with E-state index in [4.69, 9.17) is 0 Å². The summed E-state index contributed by atoms with van der Waals surface area (Å²) in [6.07, 6.45) is 1.52. The van der Waals surface area contributed by atoms with Crippen LogP contribution >= 0.6 is 11.3 Å². The molecule has 0 aliphatic heterocycles. The van der Waals surface area contributed by atoms with Crippen molar-refractivity contribution in [3.63, 3.8) is 0 Å². The average Bonchev–Trinajstić information content (AvgIpc) is 2.84. The van der Waals surface area contributed by atoms with Crippen LogP contribution in [0.3, 0.4) is 0 Å². The third kappa shape index (κ3) is 1.70. The van der Waals surface area contributed by atoms with E-state index in [-0.39, 0.29) is 5.78 Å². The Morgan fingerprint density at radius 2 is 2.33 bits per heavy atom. The molecule has 0 bridgehead atoms. The van der Waals surface area contributed by atoms with Crippen LogP contribution in [0.1, 0.15) is 28.5 Å². The molecular weight excluding hydrogens is 210 g/mol. The van der Waals surface area contributed by atoms with Gasteiger partial charge in [0.05, 0.1) is 6.20 Å². The predicted octanol–water partition coefficient (Wildman–Crippen LogP) is 1.90. The summed E-state index contributed by atoms with van der Waals surface area (Å²) in [6, 6.07) is 0. The number of rotatable bonds is 3. The lowest BCUT2D eigenvalue weighted by molar-refractivity contribution is 0.102. The molecule has 0 amide bonds. The first-order chi connectivity index (χ1) is 7.24. The molecule has 0 saturated heterocycles. The molecule has 0 atom stereocenters.